The average Bonchev–Trinajstić information content (AvgIpc) is 2.62. The van der Waals surface area contributed by atoms with Crippen molar-refractivity contribution in [2.24, 2.45) is 0 Å². The fourth-order valence-electron chi connectivity index (χ4n) is 2.73. The first-order valence-corrected chi connectivity index (χ1v) is 8.97. The van der Waals surface area contributed by atoms with Crippen molar-refractivity contribution in [3.8, 4) is 0 Å². The number of rotatable bonds is 7. The number of aryl methyl sites for hydroxylation is 1. The normalized spacial score (nSPS) is 16.3. The lowest BCUT2D eigenvalue weighted by molar-refractivity contribution is 0.922. The summed E-state index contributed by atoms with van der Waals surface area (Å²) in [5, 5.41) is 0. The number of hydrogen-bond donors (Lipinski definition) is 0. The molecule has 0 unspecified atom stereocenters. The topological polar surface area (TPSA) is 0 Å². The molecule has 0 nitrogen and oxygen atoms in total. The van der Waals surface area contributed by atoms with Crippen LogP contribution in [0.1, 0.15) is 37.8 Å². The second-order valence-electron chi connectivity index (χ2n) is 6.41. The maximum atomic E-state index is 4.21. The van der Waals surface area contributed by atoms with Crippen molar-refractivity contribution < 1.29 is 0 Å². The van der Waals surface area contributed by atoms with Gasteiger partial charge in [-0.3, -0.25) is 0 Å². The van der Waals surface area contributed by atoms with Crippen LogP contribution in [0.3, 0.4) is 0 Å². The summed E-state index contributed by atoms with van der Waals surface area (Å²) in [5.74, 6) is 0. The van der Waals surface area contributed by atoms with E-state index in [1.165, 1.54) is 23.1 Å². The highest BCUT2D eigenvalue weighted by molar-refractivity contribution is 5.73. The Hall–Kier alpha value is -2.60. The molecule has 0 heterocycles. The van der Waals surface area contributed by atoms with E-state index in [1.54, 1.807) is 0 Å². The van der Waals surface area contributed by atoms with Gasteiger partial charge in [0, 0.05) is 0 Å². The van der Waals surface area contributed by atoms with Crippen molar-refractivity contribution in [2.75, 3.05) is 0 Å². The van der Waals surface area contributed by atoms with Gasteiger partial charge in [0.25, 0.3) is 0 Å². The van der Waals surface area contributed by atoms with Gasteiger partial charge < -0.3 is 0 Å². The van der Waals surface area contributed by atoms with E-state index in [-0.39, 0.29) is 0 Å². The van der Waals surface area contributed by atoms with Crippen LogP contribution >= 0.6 is 0 Å². The van der Waals surface area contributed by atoms with Crippen LogP contribution in [0, 0.1) is 0 Å². The largest absolute Gasteiger partial charge is 0.0990 e. The summed E-state index contributed by atoms with van der Waals surface area (Å²) >= 11 is 0. The van der Waals surface area contributed by atoms with Crippen LogP contribution in [-0.2, 0) is 6.42 Å². The summed E-state index contributed by atoms with van der Waals surface area (Å²) in [7, 11) is 0. The van der Waals surface area contributed by atoms with Gasteiger partial charge in [0.15, 0.2) is 0 Å². The summed E-state index contributed by atoms with van der Waals surface area (Å²) < 4.78 is 0. The van der Waals surface area contributed by atoms with Gasteiger partial charge in [-0.15, -0.1) is 0 Å². The Morgan fingerprint density at radius 2 is 1.88 bits per heavy atom. The summed E-state index contributed by atoms with van der Waals surface area (Å²) in [6.07, 6.45) is 20.1. The molecule has 0 atom stereocenters. The zero-order valence-electron chi connectivity index (χ0n) is 15.5. The van der Waals surface area contributed by atoms with Crippen LogP contribution in [0.2, 0.25) is 0 Å². The molecule has 1 aliphatic rings. The lowest BCUT2D eigenvalue weighted by Gasteiger charge is -2.06. The standard InChI is InChI=1S/C25H28/c1-5-7-22-15-17-25(18-16-22)21(4)11-14-23(8-6-2)19-24-12-9-20(3)10-13-24/h6,8-12,14-19H,2,4-5,7,13H2,1,3H3/b14-11+,23-8-,24-19-. The zero-order valence-corrected chi connectivity index (χ0v) is 15.5. The molecule has 0 heteroatoms. The monoisotopic (exact) mass is 328 g/mol. The van der Waals surface area contributed by atoms with Crippen molar-refractivity contribution in [1.82, 2.24) is 0 Å². The van der Waals surface area contributed by atoms with Crippen molar-refractivity contribution in [2.45, 2.75) is 33.1 Å². The highest BCUT2D eigenvalue weighted by Gasteiger charge is 1.99. The third-order valence-corrected chi connectivity index (χ3v) is 4.22. The van der Waals surface area contributed by atoms with E-state index in [0.29, 0.717) is 0 Å². The molecular formula is C25H28. The SMILES string of the molecule is C=C/C=C(/C=C/C(=C)c1ccc(CCC)cc1)\C=C1\C=CC(C)=CC1. The van der Waals surface area contributed by atoms with Crippen molar-refractivity contribution in [3.05, 3.63) is 114 Å². The van der Waals surface area contributed by atoms with Crippen LogP contribution in [0.15, 0.2) is 103 Å². The lowest BCUT2D eigenvalue weighted by atomic mass is 9.99. The molecule has 1 aliphatic carbocycles. The highest BCUT2D eigenvalue weighted by Crippen LogP contribution is 2.20. The second kappa shape index (κ2) is 9.64. The summed E-state index contributed by atoms with van der Waals surface area (Å²) in [4.78, 5) is 0. The van der Waals surface area contributed by atoms with E-state index in [1.807, 2.05) is 12.2 Å². The van der Waals surface area contributed by atoms with E-state index >= 15 is 0 Å². The molecule has 1 aromatic carbocycles. The predicted octanol–water partition coefficient (Wildman–Crippen LogP) is 7.15. The first-order valence-electron chi connectivity index (χ1n) is 8.97. The smallest absolute Gasteiger partial charge is 0.00915 e. The molecule has 0 amide bonds. The average molecular weight is 328 g/mol. The zero-order chi connectivity index (χ0) is 18.1. The number of allylic oxidation sites excluding steroid dienone is 12. The maximum Gasteiger partial charge on any atom is -0.00915 e. The van der Waals surface area contributed by atoms with Crippen LogP contribution < -0.4 is 0 Å². The van der Waals surface area contributed by atoms with Crippen LogP contribution in [0.25, 0.3) is 5.57 Å². The van der Waals surface area contributed by atoms with Gasteiger partial charge in [-0.1, -0.05) is 105 Å². The third kappa shape index (κ3) is 6.08. The molecule has 0 fully saturated rings. The van der Waals surface area contributed by atoms with E-state index in [0.717, 1.165) is 29.6 Å². The van der Waals surface area contributed by atoms with Gasteiger partial charge in [0.1, 0.15) is 0 Å². The molecule has 25 heavy (non-hydrogen) atoms. The predicted molar refractivity (Wildman–Crippen MR) is 112 cm³/mol. The van der Waals surface area contributed by atoms with Gasteiger partial charge in [0.05, 0.1) is 0 Å². The minimum atomic E-state index is 0.977. The van der Waals surface area contributed by atoms with Gasteiger partial charge >= 0.3 is 0 Å². The molecule has 0 bridgehead atoms. The molecule has 128 valence electrons. The fourth-order valence-corrected chi connectivity index (χ4v) is 2.73. The molecule has 0 N–H and O–H groups in total. The van der Waals surface area contributed by atoms with Gasteiger partial charge in [-0.05, 0) is 47.6 Å². The van der Waals surface area contributed by atoms with Crippen molar-refractivity contribution in [1.29, 1.82) is 0 Å². The van der Waals surface area contributed by atoms with Crippen LogP contribution in [-0.4, -0.2) is 0 Å². The molecule has 1 aromatic rings. The maximum absolute atomic E-state index is 4.21. The van der Waals surface area contributed by atoms with Gasteiger partial charge in [-0.25, -0.2) is 0 Å². The molecule has 0 saturated carbocycles. The lowest BCUT2D eigenvalue weighted by Crippen LogP contribution is -1.87. The second-order valence-corrected chi connectivity index (χ2v) is 6.41. The Morgan fingerprint density at radius 1 is 1.12 bits per heavy atom. The quantitative estimate of drug-likeness (QED) is 0.466. The Morgan fingerprint density at radius 3 is 2.48 bits per heavy atom. The molecular weight excluding hydrogens is 300 g/mol. The van der Waals surface area contributed by atoms with E-state index in [9.17, 15) is 0 Å². The molecule has 0 spiro atoms. The Kier molecular flexibility index (Phi) is 7.22. The van der Waals surface area contributed by atoms with Crippen LogP contribution in [0.5, 0.6) is 0 Å². The highest BCUT2D eigenvalue weighted by atomic mass is 14.0. The Balaban J connectivity index is 2.09. The Bertz CT molecular complexity index is 759. The molecule has 0 saturated heterocycles. The van der Waals surface area contributed by atoms with Crippen molar-refractivity contribution in [3.63, 3.8) is 0 Å². The first-order chi connectivity index (χ1) is 12.1. The molecule has 0 aliphatic heterocycles. The summed E-state index contributed by atoms with van der Waals surface area (Å²) in [6, 6.07) is 8.71. The van der Waals surface area contributed by atoms with Crippen LogP contribution in [0.4, 0.5) is 0 Å². The molecule has 2 rings (SSSR count). The van der Waals surface area contributed by atoms with Gasteiger partial charge in [0.2, 0.25) is 0 Å². The molecule has 0 radical (unpaired) electrons. The first kappa shape index (κ1) is 18.7. The minimum Gasteiger partial charge on any atom is -0.0990 e. The Labute approximate surface area is 153 Å². The van der Waals surface area contributed by atoms with E-state index in [2.05, 4.69) is 87.7 Å². The summed E-state index contributed by atoms with van der Waals surface area (Å²) in [5.41, 5.74) is 7.32. The number of hydrogen-bond acceptors (Lipinski definition) is 0. The molecule has 0 aromatic heterocycles. The number of benzene rings is 1. The van der Waals surface area contributed by atoms with E-state index in [4.69, 9.17) is 0 Å². The van der Waals surface area contributed by atoms with E-state index < -0.39 is 0 Å². The van der Waals surface area contributed by atoms with Gasteiger partial charge in [-0.2, -0.15) is 0 Å². The fraction of sp³-hybridized carbons (Fsp3) is 0.200. The summed E-state index contributed by atoms with van der Waals surface area (Å²) in [6.45, 7) is 12.4. The third-order valence-electron chi connectivity index (χ3n) is 4.22. The van der Waals surface area contributed by atoms with Crippen molar-refractivity contribution >= 4 is 5.57 Å². The minimum absolute atomic E-state index is 0.977.